The van der Waals surface area contributed by atoms with Crippen molar-refractivity contribution >= 4 is 23.1 Å². The zero-order valence-electron chi connectivity index (χ0n) is 9.25. The summed E-state index contributed by atoms with van der Waals surface area (Å²) in [6, 6.07) is 8.97. The monoisotopic (exact) mass is 248 g/mol. The van der Waals surface area contributed by atoms with Crippen LogP contribution in [-0.4, -0.2) is 10.6 Å². The fourth-order valence-corrected chi connectivity index (χ4v) is 2.20. The predicted octanol–water partition coefficient (Wildman–Crippen LogP) is 1.71. The van der Waals surface area contributed by atoms with Crippen molar-refractivity contribution in [2.45, 2.75) is 6.92 Å². The Morgan fingerprint density at radius 2 is 2.12 bits per heavy atom. The largest absolute Gasteiger partial charge is 0.332 e. The number of amides is 1. The van der Waals surface area contributed by atoms with Crippen molar-refractivity contribution in [3.8, 4) is 0 Å². The second-order valence-corrected chi connectivity index (χ2v) is 4.26. The van der Waals surface area contributed by atoms with Gasteiger partial charge in [0.2, 0.25) is 4.80 Å². The van der Waals surface area contributed by atoms with E-state index in [1.165, 1.54) is 15.9 Å². The molecule has 0 aliphatic carbocycles. The number of para-hydroxylation sites is 1. The lowest BCUT2D eigenvalue weighted by Crippen LogP contribution is -2.29. The lowest BCUT2D eigenvalue weighted by molar-refractivity contribution is 0.252. The molecule has 2 aromatic rings. The van der Waals surface area contributed by atoms with Gasteiger partial charge in [-0.3, -0.25) is 0 Å². The number of benzene rings is 1. The van der Waals surface area contributed by atoms with Crippen molar-refractivity contribution in [2.24, 2.45) is 10.9 Å². The molecule has 0 bridgehead atoms. The van der Waals surface area contributed by atoms with Crippen molar-refractivity contribution in [2.75, 3.05) is 5.32 Å². The molecular formula is C11H12N4OS. The number of hydrogen-bond acceptors (Lipinski definition) is 4. The summed E-state index contributed by atoms with van der Waals surface area (Å²) in [6.45, 7) is 1.83. The number of nitrogens with two attached hydrogens (primary N) is 1. The third-order valence-electron chi connectivity index (χ3n) is 2.22. The van der Waals surface area contributed by atoms with E-state index < -0.39 is 0 Å². The van der Waals surface area contributed by atoms with E-state index in [-0.39, 0.29) is 6.03 Å². The van der Waals surface area contributed by atoms with Crippen LogP contribution in [0.25, 0.3) is 0 Å². The highest BCUT2D eigenvalue weighted by Gasteiger charge is 2.10. The number of thiazole rings is 1. The maximum absolute atomic E-state index is 12.0. The van der Waals surface area contributed by atoms with Crippen molar-refractivity contribution < 1.29 is 4.79 Å². The molecule has 5 nitrogen and oxygen atoms in total. The number of hydrogen-bond donors (Lipinski definition) is 2. The molecule has 17 heavy (non-hydrogen) atoms. The summed E-state index contributed by atoms with van der Waals surface area (Å²) in [5.41, 5.74) is 1.53. The molecule has 0 fully saturated rings. The zero-order valence-corrected chi connectivity index (χ0v) is 10.1. The minimum atomic E-state index is -0.265. The second-order valence-electron chi connectivity index (χ2n) is 3.42. The van der Waals surface area contributed by atoms with Gasteiger partial charge in [0.1, 0.15) is 0 Å². The van der Waals surface area contributed by atoms with Gasteiger partial charge in [-0.2, -0.15) is 5.10 Å². The highest BCUT2D eigenvalue weighted by molar-refractivity contribution is 7.07. The Morgan fingerprint density at radius 3 is 2.76 bits per heavy atom. The molecule has 0 radical (unpaired) electrons. The number of carbonyl (C=O) groups excluding carboxylic acids is 1. The Hall–Kier alpha value is -2.08. The van der Waals surface area contributed by atoms with Crippen LogP contribution in [0.3, 0.4) is 0 Å². The van der Waals surface area contributed by atoms with E-state index in [1.54, 1.807) is 0 Å². The average Bonchev–Trinajstić information content (AvgIpc) is 2.71. The van der Waals surface area contributed by atoms with Crippen LogP contribution in [0.5, 0.6) is 0 Å². The molecule has 88 valence electrons. The lowest BCUT2D eigenvalue weighted by atomic mass is 10.3. The number of aryl methyl sites for hydroxylation is 1. The number of nitrogens with one attached hydrogen (secondary N) is 1. The highest BCUT2D eigenvalue weighted by Crippen LogP contribution is 2.07. The Morgan fingerprint density at radius 1 is 1.41 bits per heavy atom. The normalized spacial score (nSPS) is 11.5. The molecule has 3 N–H and O–H groups in total. The second kappa shape index (κ2) is 4.84. The first kappa shape index (κ1) is 11.4. The summed E-state index contributed by atoms with van der Waals surface area (Å²) in [5, 5.41) is 8.18. The number of aromatic nitrogens is 1. The molecule has 0 spiro atoms. The zero-order chi connectivity index (χ0) is 12.3. The first-order valence-corrected chi connectivity index (χ1v) is 5.88. The van der Waals surface area contributed by atoms with Crippen LogP contribution in [0.1, 0.15) is 5.69 Å². The minimum absolute atomic E-state index is 0.265. The minimum Gasteiger partial charge on any atom is -0.320 e. The van der Waals surface area contributed by atoms with Gasteiger partial charge >= 0.3 is 6.03 Å². The summed E-state index contributed by atoms with van der Waals surface area (Å²) in [7, 11) is 0. The maximum atomic E-state index is 12.0. The topological polar surface area (TPSA) is 72.4 Å². The smallest absolute Gasteiger partial charge is 0.320 e. The fourth-order valence-electron chi connectivity index (χ4n) is 1.43. The molecular weight excluding hydrogens is 236 g/mol. The van der Waals surface area contributed by atoms with E-state index in [2.05, 4.69) is 10.4 Å². The fraction of sp³-hybridized carbons (Fsp3) is 0.0909. The van der Waals surface area contributed by atoms with Crippen LogP contribution in [-0.2, 0) is 0 Å². The summed E-state index contributed by atoms with van der Waals surface area (Å²) >= 11 is 1.33. The predicted molar refractivity (Wildman–Crippen MR) is 67.7 cm³/mol. The molecule has 2 rings (SSSR count). The van der Waals surface area contributed by atoms with E-state index >= 15 is 0 Å². The van der Waals surface area contributed by atoms with Crippen LogP contribution >= 0.6 is 11.3 Å². The van der Waals surface area contributed by atoms with Crippen molar-refractivity contribution in [3.63, 3.8) is 0 Å². The molecule has 0 aliphatic heterocycles. The van der Waals surface area contributed by atoms with Gasteiger partial charge in [0.25, 0.3) is 0 Å². The van der Waals surface area contributed by atoms with Gasteiger partial charge in [0.15, 0.2) is 0 Å². The van der Waals surface area contributed by atoms with Crippen molar-refractivity contribution in [3.05, 3.63) is 46.2 Å². The van der Waals surface area contributed by atoms with Crippen LogP contribution in [0.2, 0.25) is 0 Å². The first-order chi connectivity index (χ1) is 8.22. The van der Waals surface area contributed by atoms with E-state index in [0.29, 0.717) is 4.80 Å². The van der Waals surface area contributed by atoms with Gasteiger partial charge in [-0.05, 0) is 19.1 Å². The van der Waals surface area contributed by atoms with Crippen LogP contribution in [0, 0.1) is 6.92 Å². The van der Waals surface area contributed by atoms with E-state index in [4.69, 9.17) is 5.84 Å². The standard InChI is InChI=1S/C11H12N4OS/c1-8-7-17-11(14-12)15(8)10(16)13-9-5-3-2-4-6-9/h2-7H,12H2,1H3,(H,13,16). The van der Waals surface area contributed by atoms with Crippen LogP contribution < -0.4 is 16.0 Å². The first-order valence-electron chi connectivity index (χ1n) is 5.00. The Labute approximate surface area is 102 Å². The molecule has 0 atom stereocenters. The molecule has 0 saturated carbocycles. The summed E-state index contributed by atoms with van der Waals surface area (Å²) in [5.74, 6) is 5.23. The summed E-state index contributed by atoms with van der Waals surface area (Å²) in [6.07, 6.45) is 0. The van der Waals surface area contributed by atoms with Gasteiger partial charge in [-0.1, -0.05) is 18.2 Å². The summed E-state index contributed by atoms with van der Waals surface area (Å²) in [4.78, 5) is 12.5. The molecule has 0 aliphatic rings. The molecule has 1 aromatic carbocycles. The van der Waals surface area contributed by atoms with Crippen LogP contribution in [0.15, 0.2) is 40.8 Å². The molecule has 0 saturated heterocycles. The number of carbonyl (C=O) groups is 1. The quantitative estimate of drug-likeness (QED) is 0.595. The van der Waals surface area contributed by atoms with Crippen molar-refractivity contribution in [1.82, 2.24) is 4.57 Å². The average molecular weight is 248 g/mol. The molecule has 6 heteroatoms. The molecule has 1 heterocycles. The SMILES string of the molecule is Cc1csc(=NN)n1C(=O)Nc1ccccc1. The Kier molecular flexibility index (Phi) is 3.24. The Bertz CT molecular complexity index is 585. The number of nitrogens with zero attached hydrogens (tertiary/aromatic N) is 2. The third-order valence-corrected chi connectivity index (χ3v) is 3.18. The third kappa shape index (κ3) is 2.36. The van der Waals surface area contributed by atoms with Gasteiger partial charge in [0, 0.05) is 16.8 Å². The van der Waals surface area contributed by atoms with Gasteiger partial charge in [0.05, 0.1) is 0 Å². The van der Waals surface area contributed by atoms with E-state index in [9.17, 15) is 4.79 Å². The Balaban J connectivity index is 2.30. The van der Waals surface area contributed by atoms with Gasteiger partial charge in [-0.15, -0.1) is 11.3 Å². The van der Waals surface area contributed by atoms with E-state index in [1.807, 2.05) is 42.6 Å². The van der Waals surface area contributed by atoms with Gasteiger partial charge in [-0.25, -0.2) is 9.36 Å². The highest BCUT2D eigenvalue weighted by atomic mass is 32.1. The number of rotatable bonds is 1. The number of anilines is 1. The molecule has 1 aromatic heterocycles. The lowest BCUT2D eigenvalue weighted by Gasteiger charge is -2.06. The van der Waals surface area contributed by atoms with Crippen LogP contribution in [0.4, 0.5) is 10.5 Å². The maximum Gasteiger partial charge on any atom is 0.332 e. The van der Waals surface area contributed by atoms with E-state index in [0.717, 1.165) is 11.4 Å². The molecule has 1 amide bonds. The van der Waals surface area contributed by atoms with Gasteiger partial charge < -0.3 is 11.2 Å². The van der Waals surface area contributed by atoms with Crippen molar-refractivity contribution in [1.29, 1.82) is 0 Å². The molecule has 0 unspecified atom stereocenters. The summed E-state index contributed by atoms with van der Waals surface area (Å²) < 4.78 is 1.44.